The number of amides is 1. The van der Waals surface area contributed by atoms with Crippen LogP contribution in [0.5, 0.6) is 0 Å². The third kappa shape index (κ3) is 2.52. The first-order valence-electron chi connectivity index (χ1n) is 8.32. The number of aryl methyl sites for hydroxylation is 1. The van der Waals surface area contributed by atoms with Crippen LogP contribution in [0.3, 0.4) is 0 Å². The molecule has 1 fully saturated rings. The van der Waals surface area contributed by atoms with Crippen molar-refractivity contribution in [1.29, 1.82) is 0 Å². The molecule has 3 aromatic rings. The minimum Gasteiger partial charge on any atom is -0.338 e. The smallest absolute Gasteiger partial charge is 0.259 e. The van der Waals surface area contributed by atoms with Gasteiger partial charge in [0.25, 0.3) is 5.91 Å². The topological polar surface area (TPSA) is 43.1 Å². The van der Waals surface area contributed by atoms with E-state index in [1.165, 1.54) is 0 Å². The van der Waals surface area contributed by atoms with Gasteiger partial charge in [0.15, 0.2) is 5.82 Å². The summed E-state index contributed by atoms with van der Waals surface area (Å²) in [5, 5.41) is 4.52. The number of hydrogen-bond acceptors (Lipinski definition) is 2. The highest BCUT2D eigenvalue weighted by Crippen LogP contribution is 2.23. The average Bonchev–Trinajstić information content (AvgIpc) is 3.33. The van der Waals surface area contributed by atoms with Crippen molar-refractivity contribution in [2.45, 2.75) is 19.8 Å². The molecule has 1 amide bonds. The fourth-order valence-corrected chi connectivity index (χ4v) is 3.26. The Balaban J connectivity index is 1.85. The van der Waals surface area contributed by atoms with Crippen LogP contribution in [0, 0.1) is 6.92 Å². The molecular weight excluding hydrogens is 300 g/mol. The van der Waals surface area contributed by atoms with Gasteiger partial charge < -0.3 is 9.47 Å². The Hall–Kier alpha value is -2.82. The van der Waals surface area contributed by atoms with Crippen molar-refractivity contribution in [1.82, 2.24) is 19.2 Å². The van der Waals surface area contributed by atoms with E-state index in [2.05, 4.69) is 24.2 Å². The minimum absolute atomic E-state index is 0.0649. The maximum atomic E-state index is 12.9. The number of benzene rings is 1. The van der Waals surface area contributed by atoms with Gasteiger partial charge in [-0.15, -0.1) is 0 Å². The quantitative estimate of drug-likeness (QED) is 0.744. The predicted octanol–water partition coefficient (Wildman–Crippen LogP) is 3.21. The lowest BCUT2D eigenvalue weighted by molar-refractivity contribution is 0.0793. The molecule has 3 heterocycles. The third-order valence-corrected chi connectivity index (χ3v) is 4.46. The summed E-state index contributed by atoms with van der Waals surface area (Å²) in [5.74, 6) is 0.859. The van der Waals surface area contributed by atoms with Crippen LogP contribution in [0.15, 0.2) is 55.0 Å². The second-order valence-electron chi connectivity index (χ2n) is 6.22. The molecule has 122 valence electrons. The molecule has 1 saturated heterocycles. The molecule has 0 atom stereocenters. The molecule has 2 aromatic heterocycles. The van der Waals surface area contributed by atoms with E-state index in [9.17, 15) is 4.79 Å². The van der Waals surface area contributed by atoms with E-state index in [0.29, 0.717) is 5.56 Å². The molecule has 5 nitrogen and oxygen atoms in total. The van der Waals surface area contributed by atoms with E-state index in [4.69, 9.17) is 0 Å². The molecule has 4 rings (SSSR count). The van der Waals surface area contributed by atoms with Crippen molar-refractivity contribution in [3.8, 4) is 11.5 Å². The Kier molecular flexibility index (Phi) is 3.69. The summed E-state index contributed by atoms with van der Waals surface area (Å²) in [4.78, 5) is 14.9. The molecule has 0 saturated carbocycles. The number of aromatic nitrogens is 3. The molecule has 5 heteroatoms. The van der Waals surface area contributed by atoms with E-state index in [1.54, 1.807) is 6.20 Å². The van der Waals surface area contributed by atoms with Crippen LogP contribution in [0.4, 0.5) is 0 Å². The zero-order valence-electron chi connectivity index (χ0n) is 13.7. The van der Waals surface area contributed by atoms with Crippen molar-refractivity contribution >= 4 is 5.91 Å². The first-order valence-corrected chi connectivity index (χ1v) is 8.32. The number of carbonyl (C=O) groups is 1. The predicted molar refractivity (Wildman–Crippen MR) is 92.8 cm³/mol. The lowest BCUT2D eigenvalue weighted by Crippen LogP contribution is -2.28. The van der Waals surface area contributed by atoms with Crippen molar-refractivity contribution in [3.63, 3.8) is 0 Å². The number of carbonyl (C=O) groups excluding carboxylic acids is 1. The second kappa shape index (κ2) is 6.00. The Bertz CT molecular complexity index is 857. The van der Waals surface area contributed by atoms with Gasteiger partial charge in [-0.05, 0) is 49.6 Å². The van der Waals surface area contributed by atoms with Crippen LogP contribution in [-0.2, 0) is 0 Å². The van der Waals surface area contributed by atoms with Crippen LogP contribution in [0.1, 0.15) is 28.8 Å². The molecule has 1 aromatic carbocycles. The van der Waals surface area contributed by atoms with Gasteiger partial charge in [0.1, 0.15) is 5.56 Å². The van der Waals surface area contributed by atoms with E-state index < -0.39 is 0 Å². The second-order valence-corrected chi connectivity index (χ2v) is 6.22. The molecule has 24 heavy (non-hydrogen) atoms. The lowest BCUT2D eigenvalue weighted by atomic mass is 10.2. The Morgan fingerprint density at radius 2 is 1.83 bits per heavy atom. The van der Waals surface area contributed by atoms with E-state index in [1.807, 2.05) is 50.8 Å². The maximum Gasteiger partial charge on any atom is 0.259 e. The Labute approximate surface area is 141 Å². The van der Waals surface area contributed by atoms with Crippen LogP contribution < -0.4 is 0 Å². The largest absolute Gasteiger partial charge is 0.338 e. The molecule has 0 spiro atoms. The highest BCUT2D eigenvalue weighted by Gasteiger charge is 2.26. The number of nitrogens with zero attached hydrogens (tertiary/aromatic N) is 4. The van der Waals surface area contributed by atoms with Crippen molar-refractivity contribution in [3.05, 3.63) is 66.1 Å². The lowest BCUT2D eigenvalue weighted by Gasteiger charge is -2.16. The van der Waals surface area contributed by atoms with Crippen LogP contribution >= 0.6 is 0 Å². The molecule has 0 unspecified atom stereocenters. The minimum atomic E-state index is 0.0649. The summed E-state index contributed by atoms with van der Waals surface area (Å²) in [7, 11) is 0. The molecule has 0 bridgehead atoms. The Morgan fingerprint density at radius 3 is 2.54 bits per heavy atom. The van der Waals surface area contributed by atoms with E-state index >= 15 is 0 Å². The van der Waals surface area contributed by atoms with Gasteiger partial charge in [-0.25, -0.2) is 4.68 Å². The van der Waals surface area contributed by atoms with E-state index in [-0.39, 0.29) is 5.91 Å². The molecule has 0 radical (unpaired) electrons. The summed E-state index contributed by atoms with van der Waals surface area (Å²) in [6.07, 6.45) is 7.75. The highest BCUT2D eigenvalue weighted by atomic mass is 16.2. The first kappa shape index (κ1) is 14.8. The van der Waals surface area contributed by atoms with Crippen LogP contribution in [0.2, 0.25) is 0 Å². The summed E-state index contributed by atoms with van der Waals surface area (Å²) < 4.78 is 3.80. The van der Waals surface area contributed by atoms with Crippen molar-refractivity contribution in [2.24, 2.45) is 0 Å². The van der Waals surface area contributed by atoms with Crippen molar-refractivity contribution in [2.75, 3.05) is 13.1 Å². The zero-order chi connectivity index (χ0) is 16.5. The fourth-order valence-electron chi connectivity index (χ4n) is 3.26. The van der Waals surface area contributed by atoms with Gasteiger partial charge in [-0.3, -0.25) is 4.79 Å². The van der Waals surface area contributed by atoms with Gasteiger partial charge in [-0.2, -0.15) is 5.10 Å². The third-order valence-electron chi connectivity index (χ3n) is 4.46. The summed E-state index contributed by atoms with van der Waals surface area (Å²) in [6, 6.07) is 12.1. The van der Waals surface area contributed by atoms with Crippen LogP contribution in [0.25, 0.3) is 11.5 Å². The number of rotatable bonds is 3. The molecule has 1 aliphatic heterocycles. The van der Waals surface area contributed by atoms with Crippen LogP contribution in [-0.4, -0.2) is 38.2 Å². The van der Waals surface area contributed by atoms with Gasteiger partial charge >= 0.3 is 0 Å². The Morgan fingerprint density at radius 1 is 1.08 bits per heavy atom. The average molecular weight is 320 g/mol. The number of likely N-dealkylation sites (tertiary alicyclic amines) is 1. The zero-order valence-corrected chi connectivity index (χ0v) is 13.7. The van der Waals surface area contributed by atoms with Gasteiger partial charge in [-0.1, -0.05) is 12.1 Å². The SMILES string of the molecule is Cc1cccc(-n2ncc(C(=O)N3CCCC3)c2-n2cccc2)c1. The van der Waals surface area contributed by atoms with Crippen molar-refractivity contribution < 1.29 is 4.79 Å². The standard InChI is InChI=1S/C19H20N4O/c1-15-7-6-8-16(13-15)23-18(21-9-2-3-10-21)17(14-20-23)19(24)22-11-4-5-12-22/h2-3,6-10,13-14H,4-5,11-12H2,1H3. The molecule has 0 aliphatic carbocycles. The molecule has 0 N–H and O–H groups in total. The fraction of sp³-hybridized carbons (Fsp3) is 0.263. The highest BCUT2D eigenvalue weighted by molar-refractivity contribution is 5.97. The van der Waals surface area contributed by atoms with Gasteiger partial charge in [0, 0.05) is 25.5 Å². The summed E-state index contributed by atoms with van der Waals surface area (Å²) in [6.45, 7) is 3.72. The normalized spacial score (nSPS) is 14.3. The molecular formula is C19H20N4O. The first-order chi connectivity index (χ1) is 11.7. The molecule has 1 aliphatic rings. The summed E-state index contributed by atoms with van der Waals surface area (Å²) in [5.41, 5.74) is 2.77. The maximum absolute atomic E-state index is 12.9. The number of hydrogen-bond donors (Lipinski definition) is 0. The van der Waals surface area contributed by atoms with E-state index in [0.717, 1.165) is 43.0 Å². The van der Waals surface area contributed by atoms with Gasteiger partial charge in [0.2, 0.25) is 0 Å². The monoisotopic (exact) mass is 320 g/mol. The van der Waals surface area contributed by atoms with Gasteiger partial charge in [0.05, 0.1) is 11.9 Å². The summed E-state index contributed by atoms with van der Waals surface area (Å²) >= 11 is 0.